The third-order valence-corrected chi connectivity index (χ3v) is 6.78. The second kappa shape index (κ2) is 20.2. The zero-order chi connectivity index (χ0) is 32.4. The van der Waals surface area contributed by atoms with Crippen LogP contribution in [0.2, 0.25) is 0 Å². The predicted molar refractivity (Wildman–Crippen MR) is 188 cm³/mol. The summed E-state index contributed by atoms with van der Waals surface area (Å²) < 4.78 is 2.08. The van der Waals surface area contributed by atoms with Crippen LogP contribution < -0.4 is 0 Å². The number of hydrogen-bond donors (Lipinski definition) is 0. The van der Waals surface area contributed by atoms with Crippen molar-refractivity contribution in [3.05, 3.63) is 108 Å². The first kappa shape index (κ1) is 37.3. The van der Waals surface area contributed by atoms with Crippen LogP contribution in [-0.4, -0.2) is 51.9 Å². The van der Waals surface area contributed by atoms with Crippen molar-refractivity contribution in [3.63, 3.8) is 0 Å². The molecular formula is C38H56N4O. The summed E-state index contributed by atoms with van der Waals surface area (Å²) in [5.74, 6) is 1.45. The Morgan fingerprint density at radius 2 is 1.70 bits per heavy atom. The van der Waals surface area contributed by atoms with E-state index in [4.69, 9.17) is 4.98 Å². The van der Waals surface area contributed by atoms with Crippen molar-refractivity contribution < 1.29 is 4.79 Å². The molecule has 0 aliphatic carbocycles. The number of fused-ring (bicyclic) bond motifs is 1. The Kier molecular flexibility index (Phi) is 17.6. The number of allylic oxidation sites excluding steroid dienone is 2. The van der Waals surface area contributed by atoms with Crippen molar-refractivity contribution >= 4 is 23.0 Å². The topological polar surface area (TPSA) is 41.4 Å². The van der Waals surface area contributed by atoms with Crippen molar-refractivity contribution in [2.75, 3.05) is 26.7 Å². The highest BCUT2D eigenvalue weighted by atomic mass is 16.2. The predicted octanol–water partition coefficient (Wildman–Crippen LogP) is 9.01. The lowest BCUT2D eigenvalue weighted by Crippen LogP contribution is -2.34. The molecule has 0 saturated carbocycles. The van der Waals surface area contributed by atoms with E-state index in [9.17, 15) is 4.79 Å². The molecular weight excluding hydrogens is 528 g/mol. The standard InChI is InChI=1S/C24H29N3O.C11H19N.C3H8/c1-18(2)16-27(17-23-25-21-13-7-8-14-22(21)26(23)4)24(28)15-9-12-20-11-6-5-10-19(20)3;1-6-8-11(10(3)4)9-12(5)7-2;1-3-2/h5-14,18H,15-17H2,1-4H3;6,8H,1,3,7,9H2,2,4-5H3;3H2,1-2H3/b;11-8-;. The highest BCUT2D eigenvalue weighted by molar-refractivity contribution is 5.79. The summed E-state index contributed by atoms with van der Waals surface area (Å²) in [6.07, 6.45) is 9.48. The molecule has 0 bridgehead atoms. The molecule has 2 aromatic carbocycles. The first-order valence-corrected chi connectivity index (χ1v) is 15.5. The van der Waals surface area contributed by atoms with Gasteiger partial charge in [-0.25, -0.2) is 4.98 Å². The average molecular weight is 585 g/mol. The van der Waals surface area contributed by atoms with Crippen LogP contribution in [0.5, 0.6) is 0 Å². The molecule has 0 spiro atoms. The number of aryl methyl sites for hydroxylation is 2. The normalized spacial score (nSPS) is 11.3. The van der Waals surface area contributed by atoms with Crippen LogP contribution in [0.1, 0.15) is 71.3 Å². The van der Waals surface area contributed by atoms with Crippen LogP contribution in [0.15, 0.2) is 91.1 Å². The van der Waals surface area contributed by atoms with E-state index in [1.54, 1.807) is 0 Å². The van der Waals surface area contributed by atoms with Gasteiger partial charge in [-0.05, 0) is 62.2 Å². The lowest BCUT2D eigenvalue weighted by molar-refractivity contribution is -0.131. The van der Waals surface area contributed by atoms with E-state index in [0.29, 0.717) is 18.9 Å². The minimum Gasteiger partial charge on any atom is -0.335 e. The number of carbonyl (C=O) groups is 1. The number of aromatic nitrogens is 2. The molecule has 0 aliphatic heterocycles. The molecule has 1 heterocycles. The largest absolute Gasteiger partial charge is 0.335 e. The molecule has 3 rings (SSSR count). The van der Waals surface area contributed by atoms with Crippen LogP contribution >= 0.6 is 0 Å². The molecule has 1 amide bonds. The molecule has 5 nitrogen and oxygen atoms in total. The number of rotatable bonds is 12. The summed E-state index contributed by atoms with van der Waals surface area (Å²) in [6, 6.07) is 16.3. The molecule has 1 aromatic heterocycles. The zero-order valence-electron chi connectivity index (χ0n) is 28.4. The van der Waals surface area contributed by atoms with Crippen molar-refractivity contribution in [3.8, 4) is 0 Å². The van der Waals surface area contributed by atoms with Gasteiger partial charge in [-0.3, -0.25) is 4.79 Å². The van der Waals surface area contributed by atoms with Gasteiger partial charge in [-0.1, -0.05) is 120 Å². The molecule has 43 heavy (non-hydrogen) atoms. The molecule has 0 unspecified atom stereocenters. The highest BCUT2D eigenvalue weighted by Crippen LogP contribution is 2.17. The van der Waals surface area contributed by atoms with E-state index in [0.717, 1.165) is 47.6 Å². The number of carbonyl (C=O) groups excluding carboxylic acids is 1. The van der Waals surface area contributed by atoms with Crippen LogP contribution in [0.4, 0.5) is 0 Å². The van der Waals surface area contributed by atoms with Gasteiger partial charge < -0.3 is 14.4 Å². The van der Waals surface area contributed by atoms with Crippen LogP contribution in [0.25, 0.3) is 17.1 Å². The van der Waals surface area contributed by atoms with Gasteiger partial charge in [0.1, 0.15) is 5.82 Å². The van der Waals surface area contributed by atoms with Gasteiger partial charge in [0.25, 0.3) is 0 Å². The fourth-order valence-electron chi connectivity index (χ4n) is 4.27. The Morgan fingerprint density at radius 1 is 1.07 bits per heavy atom. The number of nitrogens with zero attached hydrogens (tertiary/aromatic N) is 4. The minimum atomic E-state index is 0.130. The maximum atomic E-state index is 12.9. The molecule has 5 heteroatoms. The number of benzene rings is 2. The molecule has 0 N–H and O–H groups in total. The second-order valence-electron chi connectivity index (χ2n) is 11.5. The summed E-state index contributed by atoms with van der Waals surface area (Å²) >= 11 is 0. The van der Waals surface area contributed by atoms with Crippen LogP contribution in [0, 0.1) is 12.8 Å². The first-order chi connectivity index (χ1) is 20.5. The number of amides is 1. The highest BCUT2D eigenvalue weighted by Gasteiger charge is 2.18. The van der Waals surface area contributed by atoms with Gasteiger partial charge in [0, 0.05) is 26.6 Å². The van der Waals surface area contributed by atoms with Gasteiger partial charge in [0.2, 0.25) is 5.91 Å². The maximum Gasteiger partial charge on any atom is 0.226 e. The number of para-hydroxylation sites is 2. The summed E-state index contributed by atoms with van der Waals surface area (Å²) in [4.78, 5) is 21.8. The molecule has 0 saturated heterocycles. The Balaban J connectivity index is 0.000000517. The number of hydrogen-bond acceptors (Lipinski definition) is 3. The van der Waals surface area contributed by atoms with Gasteiger partial charge >= 0.3 is 0 Å². The van der Waals surface area contributed by atoms with Gasteiger partial charge in [-0.15, -0.1) is 0 Å². The van der Waals surface area contributed by atoms with Crippen LogP contribution in [0.3, 0.4) is 0 Å². The Hall–Kier alpha value is -3.70. The number of imidazole rings is 1. The zero-order valence-corrected chi connectivity index (χ0v) is 28.4. The quantitative estimate of drug-likeness (QED) is 0.200. The minimum absolute atomic E-state index is 0.130. The Bertz CT molecular complexity index is 1340. The fourth-order valence-corrected chi connectivity index (χ4v) is 4.27. The van der Waals surface area contributed by atoms with Crippen molar-refractivity contribution in [2.45, 2.75) is 67.9 Å². The summed E-state index contributed by atoms with van der Waals surface area (Å²) in [7, 11) is 4.11. The molecule has 234 valence electrons. The SMILES string of the molecule is C=C/C=C(/CN(C)CC)C(=C)C.CCC.Cc1ccccc1C=CCC(=O)N(Cc1nc2ccccc2n1C)CC(C)C. The lowest BCUT2D eigenvalue weighted by Gasteiger charge is -2.24. The van der Waals surface area contributed by atoms with E-state index in [1.165, 1.54) is 17.6 Å². The summed E-state index contributed by atoms with van der Waals surface area (Å²) in [5.41, 5.74) is 6.81. The second-order valence-corrected chi connectivity index (χ2v) is 11.5. The first-order valence-electron chi connectivity index (χ1n) is 15.5. The van der Waals surface area contributed by atoms with Gasteiger partial charge in [0.05, 0.1) is 17.6 Å². The monoisotopic (exact) mass is 584 g/mol. The van der Waals surface area contributed by atoms with Crippen molar-refractivity contribution in [1.29, 1.82) is 0 Å². The molecule has 0 fully saturated rings. The van der Waals surface area contributed by atoms with E-state index < -0.39 is 0 Å². The van der Waals surface area contributed by atoms with E-state index in [2.05, 4.69) is 89.4 Å². The van der Waals surface area contributed by atoms with Crippen molar-refractivity contribution in [1.82, 2.24) is 19.4 Å². The fraction of sp³-hybridized carbons (Fsp3) is 0.421. The van der Waals surface area contributed by atoms with Gasteiger partial charge in [-0.2, -0.15) is 0 Å². The maximum absolute atomic E-state index is 12.9. The van der Waals surface area contributed by atoms with E-state index in [-0.39, 0.29) is 5.91 Å². The Morgan fingerprint density at radius 3 is 2.26 bits per heavy atom. The molecule has 0 radical (unpaired) electrons. The van der Waals surface area contributed by atoms with E-state index >= 15 is 0 Å². The summed E-state index contributed by atoms with van der Waals surface area (Å²) in [6.45, 7) is 25.6. The van der Waals surface area contributed by atoms with Gasteiger partial charge in [0.15, 0.2) is 0 Å². The lowest BCUT2D eigenvalue weighted by atomic mass is 10.1. The van der Waals surface area contributed by atoms with Crippen LogP contribution in [-0.2, 0) is 18.4 Å². The average Bonchev–Trinajstić information content (AvgIpc) is 3.28. The third-order valence-electron chi connectivity index (χ3n) is 6.78. The Labute approximate surface area is 262 Å². The van der Waals surface area contributed by atoms with E-state index in [1.807, 2.05) is 73.5 Å². The smallest absolute Gasteiger partial charge is 0.226 e. The number of likely N-dealkylation sites (N-methyl/N-ethyl adjacent to an activating group) is 1. The molecule has 3 aromatic rings. The molecule has 0 aliphatic rings. The van der Waals surface area contributed by atoms with Crippen molar-refractivity contribution in [2.24, 2.45) is 13.0 Å². The third kappa shape index (κ3) is 13.4. The molecule has 0 atom stereocenters. The summed E-state index contributed by atoms with van der Waals surface area (Å²) in [5, 5.41) is 0.